The van der Waals surface area contributed by atoms with Crippen molar-refractivity contribution in [3.63, 3.8) is 0 Å². The van der Waals surface area contributed by atoms with Crippen LogP contribution in [0, 0.1) is 0 Å². The number of anilines is 2. The van der Waals surface area contributed by atoms with Crippen molar-refractivity contribution in [1.82, 2.24) is 4.98 Å². The van der Waals surface area contributed by atoms with Crippen LogP contribution in [0.15, 0.2) is 66.9 Å². The lowest BCUT2D eigenvalue weighted by Crippen LogP contribution is -2.22. The highest BCUT2D eigenvalue weighted by Gasteiger charge is 2.14. The van der Waals surface area contributed by atoms with E-state index < -0.39 is 0 Å². The first-order chi connectivity index (χ1) is 14.2. The number of rotatable bonds is 6. The van der Waals surface area contributed by atoms with Gasteiger partial charge in [0, 0.05) is 24.8 Å². The largest absolute Gasteiger partial charge is 0.486 e. The molecule has 148 valence electrons. The third kappa shape index (κ3) is 4.48. The summed E-state index contributed by atoms with van der Waals surface area (Å²) in [6.45, 7) is 4.78. The number of amides is 1. The van der Waals surface area contributed by atoms with Gasteiger partial charge in [0.05, 0.1) is 11.9 Å². The van der Waals surface area contributed by atoms with Crippen LogP contribution in [0.25, 0.3) is 0 Å². The quantitative estimate of drug-likeness (QED) is 0.687. The summed E-state index contributed by atoms with van der Waals surface area (Å²) in [6.07, 6.45) is 1.74. The highest BCUT2D eigenvalue weighted by molar-refractivity contribution is 6.03. The molecule has 1 aliphatic rings. The standard InChI is InChI=1S/C23H23N3O3/c1-2-26(16-17-6-4-3-5-7-17)19-9-10-20(24-15-19)23(27)25-18-8-11-21-22(14-18)29-13-12-28-21/h3-11,14-15H,2,12-13,16H2,1H3,(H,25,27). The second kappa shape index (κ2) is 8.65. The van der Waals surface area contributed by atoms with Gasteiger partial charge in [0.15, 0.2) is 11.5 Å². The predicted octanol–water partition coefficient (Wildman–Crippen LogP) is 4.13. The van der Waals surface area contributed by atoms with Crippen LogP contribution in [0.5, 0.6) is 11.5 Å². The van der Waals surface area contributed by atoms with E-state index in [4.69, 9.17) is 9.47 Å². The van der Waals surface area contributed by atoms with Crippen LogP contribution in [0.2, 0.25) is 0 Å². The van der Waals surface area contributed by atoms with Crippen molar-refractivity contribution >= 4 is 17.3 Å². The zero-order valence-corrected chi connectivity index (χ0v) is 16.3. The van der Waals surface area contributed by atoms with Crippen LogP contribution in [0.1, 0.15) is 23.0 Å². The van der Waals surface area contributed by atoms with Gasteiger partial charge in [0.25, 0.3) is 5.91 Å². The summed E-state index contributed by atoms with van der Waals surface area (Å²) in [4.78, 5) is 19.1. The Morgan fingerprint density at radius 2 is 1.83 bits per heavy atom. The lowest BCUT2D eigenvalue weighted by Gasteiger charge is -2.23. The molecule has 0 atom stereocenters. The van der Waals surface area contributed by atoms with Gasteiger partial charge >= 0.3 is 0 Å². The van der Waals surface area contributed by atoms with Gasteiger partial charge in [0.2, 0.25) is 0 Å². The Kier molecular flexibility index (Phi) is 5.61. The topological polar surface area (TPSA) is 63.7 Å². The molecule has 29 heavy (non-hydrogen) atoms. The molecule has 0 bridgehead atoms. The Morgan fingerprint density at radius 1 is 1.03 bits per heavy atom. The van der Waals surface area contributed by atoms with Crippen LogP contribution >= 0.6 is 0 Å². The minimum absolute atomic E-state index is 0.265. The minimum atomic E-state index is -0.265. The fourth-order valence-electron chi connectivity index (χ4n) is 3.21. The van der Waals surface area contributed by atoms with Crippen LogP contribution < -0.4 is 19.7 Å². The molecular formula is C23H23N3O3. The number of carbonyl (C=O) groups excluding carboxylic acids is 1. The number of ether oxygens (including phenoxy) is 2. The zero-order valence-electron chi connectivity index (χ0n) is 16.3. The molecule has 6 heteroatoms. The number of carbonyl (C=O) groups is 1. The van der Waals surface area contributed by atoms with Gasteiger partial charge in [0.1, 0.15) is 18.9 Å². The minimum Gasteiger partial charge on any atom is -0.486 e. The van der Waals surface area contributed by atoms with E-state index in [0.717, 1.165) is 18.8 Å². The number of nitrogens with one attached hydrogen (secondary N) is 1. The molecule has 1 aliphatic heterocycles. The molecule has 0 unspecified atom stereocenters. The highest BCUT2D eigenvalue weighted by atomic mass is 16.6. The lowest BCUT2D eigenvalue weighted by atomic mass is 10.2. The average Bonchev–Trinajstić information content (AvgIpc) is 2.78. The molecule has 0 saturated heterocycles. The number of hydrogen-bond acceptors (Lipinski definition) is 5. The number of benzene rings is 2. The summed E-state index contributed by atoms with van der Waals surface area (Å²) < 4.78 is 11.1. The molecule has 1 amide bonds. The first-order valence-electron chi connectivity index (χ1n) is 9.69. The SMILES string of the molecule is CCN(Cc1ccccc1)c1ccc(C(=O)Nc2ccc3c(c2)OCCO3)nc1. The van der Waals surface area contributed by atoms with E-state index in [1.165, 1.54) is 5.56 Å². The third-order valence-electron chi connectivity index (χ3n) is 4.74. The Balaban J connectivity index is 1.43. The van der Waals surface area contributed by atoms with E-state index in [1.807, 2.05) is 24.3 Å². The molecule has 2 aromatic carbocycles. The van der Waals surface area contributed by atoms with Gasteiger partial charge in [-0.1, -0.05) is 30.3 Å². The second-order valence-corrected chi connectivity index (χ2v) is 6.71. The van der Waals surface area contributed by atoms with E-state index in [9.17, 15) is 4.79 Å². The fraction of sp³-hybridized carbons (Fsp3) is 0.217. The second-order valence-electron chi connectivity index (χ2n) is 6.71. The van der Waals surface area contributed by atoms with E-state index in [2.05, 4.69) is 34.3 Å². The van der Waals surface area contributed by atoms with Crippen molar-refractivity contribution < 1.29 is 14.3 Å². The van der Waals surface area contributed by atoms with Crippen LogP contribution in [0.4, 0.5) is 11.4 Å². The molecule has 2 heterocycles. The molecule has 0 radical (unpaired) electrons. The summed E-state index contributed by atoms with van der Waals surface area (Å²) in [6, 6.07) is 19.3. The maximum absolute atomic E-state index is 12.6. The van der Waals surface area contributed by atoms with E-state index in [-0.39, 0.29) is 5.91 Å². The monoisotopic (exact) mass is 389 g/mol. The van der Waals surface area contributed by atoms with Gasteiger partial charge in [-0.05, 0) is 36.8 Å². The van der Waals surface area contributed by atoms with Crippen molar-refractivity contribution in [1.29, 1.82) is 0 Å². The van der Waals surface area contributed by atoms with E-state index in [1.54, 1.807) is 30.5 Å². The maximum atomic E-state index is 12.6. The Bertz CT molecular complexity index is 974. The number of aromatic nitrogens is 1. The summed E-state index contributed by atoms with van der Waals surface area (Å²) >= 11 is 0. The number of pyridine rings is 1. The van der Waals surface area contributed by atoms with Crippen LogP contribution in [0.3, 0.4) is 0 Å². The summed E-state index contributed by atoms with van der Waals surface area (Å²) in [5.41, 5.74) is 3.21. The third-order valence-corrected chi connectivity index (χ3v) is 4.74. The Morgan fingerprint density at radius 3 is 2.55 bits per heavy atom. The zero-order chi connectivity index (χ0) is 20.1. The van der Waals surface area contributed by atoms with Crippen LogP contribution in [-0.4, -0.2) is 30.6 Å². The number of nitrogens with zero attached hydrogens (tertiary/aromatic N) is 2. The molecule has 0 fully saturated rings. The van der Waals surface area contributed by atoms with Crippen molar-refractivity contribution in [3.8, 4) is 11.5 Å². The molecule has 0 saturated carbocycles. The fourth-order valence-corrected chi connectivity index (χ4v) is 3.21. The summed E-state index contributed by atoms with van der Waals surface area (Å²) in [5.74, 6) is 1.06. The Hall–Kier alpha value is -3.54. The molecule has 3 aromatic rings. The van der Waals surface area contributed by atoms with Gasteiger partial charge in [-0.15, -0.1) is 0 Å². The van der Waals surface area contributed by atoms with E-state index >= 15 is 0 Å². The lowest BCUT2D eigenvalue weighted by molar-refractivity contribution is 0.102. The molecular weight excluding hydrogens is 366 g/mol. The van der Waals surface area contributed by atoms with E-state index in [0.29, 0.717) is 36.1 Å². The number of fused-ring (bicyclic) bond motifs is 1. The molecule has 1 N–H and O–H groups in total. The first-order valence-corrected chi connectivity index (χ1v) is 9.69. The van der Waals surface area contributed by atoms with Crippen molar-refractivity contribution in [2.75, 3.05) is 30.0 Å². The van der Waals surface area contributed by atoms with Gasteiger partial charge in [-0.2, -0.15) is 0 Å². The Labute approximate surface area is 170 Å². The molecule has 4 rings (SSSR count). The molecule has 1 aromatic heterocycles. The van der Waals surface area contributed by atoms with Crippen molar-refractivity contribution in [2.45, 2.75) is 13.5 Å². The molecule has 0 aliphatic carbocycles. The smallest absolute Gasteiger partial charge is 0.274 e. The van der Waals surface area contributed by atoms with Gasteiger partial charge in [-0.25, -0.2) is 4.98 Å². The van der Waals surface area contributed by atoms with Crippen molar-refractivity contribution in [3.05, 3.63) is 78.1 Å². The summed E-state index contributed by atoms with van der Waals surface area (Å²) in [7, 11) is 0. The first kappa shape index (κ1) is 18.8. The predicted molar refractivity (Wildman–Crippen MR) is 113 cm³/mol. The van der Waals surface area contributed by atoms with Crippen LogP contribution in [-0.2, 0) is 6.54 Å². The summed E-state index contributed by atoms with van der Waals surface area (Å²) in [5, 5.41) is 2.86. The maximum Gasteiger partial charge on any atom is 0.274 e. The van der Waals surface area contributed by atoms with Gasteiger partial charge < -0.3 is 19.7 Å². The molecule has 6 nitrogen and oxygen atoms in total. The number of hydrogen-bond donors (Lipinski definition) is 1. The highest BCUT2D eigenvalue weighted by Crippen LogP contribution is 2.32. The average molecular weight is 389 g/mol. The van der Waals surface area contributed by atoms with Gasteiger partial charge in [-0.3, -0.25) is 4.79 Å². The molecule has 0 spiro atoms. The van der Waals surface area contributed by atoms with Crippen molar-refractivity contribution in [2.24, 2.45) is 0 Å². The normalized spacial score (nSPS) is 12.3.